The third kappa shape index (κ3) is 9.18. The molecule has 144 valence electrons. The monoisotopic (exact) mass is 501 g/mol. The van der Waals surface area contributed by atoms with E-state index in [1.54, 1.807) is 18.4 Å². The number of guanidine groups is 1. The second-order valence-corrected chi connectivity index (χ2v) is 8.60. The number of nitrogens with one attached hydrogen (secondary N) is 3. The average molecular weight is 501 g/mol. The van der Waals surface area contributed by atoms with Crippen molar-refractivity contribution < 1.29 is 8.42 Å². The lowest BCUT2D eigenvalue weighted by Crippen LogP contribution is -2.49. The van der Waals surface area contributed by atoms with E-state index in [-0.39, 0.29) is 24.0 Å². The van der Waals surface area contributed by atoms with Crippen LogP contribution < -0.4 is 15.4 Å². The summed E-state index contributed by atoms with van der Waals surface area (Å²) in [4.78, 5) is 6.68. The quantitative estimate of drug-likeness (QED) is 0.225. The van der Waals surface area contributed by atoms with E-state index in [4.69, 9.17) is 0 Å². The first-order valence-corrected chi connectivity index (χ1v) is 10.9. The Labute approximate surface area is 171 Å². The van der Waals surface area contributed by atoms with Crippen LogP contribution >= 0.6 is 35.3 Å². The van der Waals surface area contributed by atoms with Gasteiger partial charge < -0.3 is 10.6 Å². The number of aliphatic imine (C=N–C) groups is 1. The molecule has 0 bridgehead atoms. The summed E-state index contributed by atoms with van der Waals surface area (Å²) in [6.07, 6.45) is 3.31. The van der Waals surface area contributed by atoms with E-state index in [0.29, 0.717) is 19.1 Å². The molecule has 2 rings (SSSR count). The molecule has 0 radical (unpaired) electrons. The number of hydrogen-bond acceptors (Lipinski definition) is 5. The third-order valence-corrected chi connectivity index (χ3v) is 5.38. The molecular weight excluding hydrogens is 473 g/mol. The van der Waals surface area contributed by atoms with Crippen LogP contribution in [0.25, 0.3) is 0 Å². The minimum absolute atomic E-state index is 0. The second kappa shape index (κ2) is 11.3. The van der Waals surface area contributed by atoms with Gasteiger partial charge in [0.05, 0.1) is 6.26 Å². The van der Waals surface area contributed by atoms with Gasteiger partial charge in [-0.1, -0.05) is 0 Å². The lowest BCUT2D eigenvalue weighted by atomic mass is 10.0. The normalized spacial score (nSPS) is 17.1. The fraction of sp³-hybridized carbons (Fsp3) is 0.667. The molecule has 0 amide bonds. The Bertz CT molecular complexity index is 614. The second-order valence-electron chi connectivity index (χ2n) is 5.99. The molecule has 1 aliphatic rings. The lowest BCUT2D eigenvalue weighted by molar-refractivity contribution is 0.198. The van der Waals surface area contributed by atoms with Gasteiger partial charge in [-0.2, -0.15) is 11.3 Å². The van der Waals surface area contributed by atoms with Crippen LogP contribution in [0.3, 0.4) is 0 Å². The van der Waals surface area contributed by atoms with Crippen LogP contribution in [-0.2, 0) is 16.6 Å². The summed E-state index contributed by atoms with van der Waals surface area (Å²) in [5.41, 5.74) is 1.39. The number of halogens is 1. The van der Waals surface area contributed by atoms with Crippen LogP contribution in [-0.4, -0.2) is 64.8 Å². The molecular formula is C15H28IN5O2S2. The van der Waals surface area contributed by atoms with Crippen molar-refractivity contribution in [2.75, 3.05) is 39.5 Å². The van der Waals surface area contributed by atoms with E-state index in [2.05, 4.69) is 42.1 Å². The summed E-state index contributed by atoms with van der Waals surface area (Å²) in [6.45, 7) is 4.02. The van der Waals surface area contributed by atoms with Crippen molar-refractivity contribution in [1.82, 2.24) is 20.3 Å². The molecule has 3 N–H and O–H groups in total. The molecule has 1 aliphatic heterocycles. The maximum atomic E-state index is 11.0. The van der Waals surface area contributed by atoms with Gasteiger partial charge in [0.15, 0.2) is 5.96 Å². The van der Waals surface area contributed by atoms with Crippen LogP contribution in [0.4, 0.5) is 0 Å². The zero-order valence-corrected chi connectivity index (χ0v) is 18.7. The van der Waals surface area contributed by atoms with E-state index in [0.717, 1.165) is 44.7 Å². The molecule has 25 heavy (non-hydrogen) atoms. The summed E-state index contributed by atoms with van der Waals surface area (Å²) in [7, 11) is -1.41. The topological polar surface area (TPSA) is 85.8 Å². The fourth-order valence-electron chi connectivity index (χ4n) is 2.68. The SMILES string of the molecule is CN=C(NCCNS(C)(=O)=O)NC1CCN(Cc2ccsc2)CC1.I. The van der Waals surface area contributed by atoms with E-state index in [1.807, 2.05) is 0 Å². The Morgan fingerprint density at radius 3 is 2.64 bits per heavy atom. The number of sulfonamides is 1. The maximum Gasteiger partial charge on any atom is 0.208 e. The largest absolute Gasteiger partial charge is 0.355 e. The van der Waals surface area contributed by atoms with Crippen molar-refractivity contribution in [3.63, 3.8) is 0 Å². The van der Waals surface area contributed by atoms with Crippen LogP contribution in [0, 0.1) is 0 Å². The Kier molecular flexibility index (Phi) is 10.2. The van der Waals surface area contributed by atoms with Crippen molar-refractivity contribution in [3.05, 3.63) is 22.4 Å². The molecule has 1 aromatic heterocycles. The van der Waals surface area contributed by atoms with Crippen LogP contribution in [0.2, 0.25) is 0 Å². The van der Waals surface area contributed by atoms with Crippen LogP contribution in [0.5, 0.6) is 0 Å². The first-order chi connectivity index (χ1) is 11.5. The highest BCUT2D eigenvalue weighted by atomic mass is 127. The van der Waals surface area contributed by atoms with E-state index in [1.165, 1.54) is 5.56 Å². The zero-order chi connectivity index (χ0) is 17.4. The average Bonchev–Trinajstić information content (AvgIpc) is 3.04. The standard InChI is InChI=1S/C15H27N5O2S2.HI/c1-16-15(17-6-7-18-24(2,21)22)19-14-3-8-20(9-4-14)11-13-5-10-23-12-13;/h5,10,12,14,18H,3-4,6-9,11H2,1-2H3,(H2,16,17,19);1H. The van der Waals surface area contributed by atoms with Crippen molar-refractivity contribution in [2.24, 2.45) is 4.99 Å². The summed E-state index contributed by atoms with van der Waals surface area (Å²) >= 11 is 1.75. The first-order valence-electron chi connectivity index (χ1n) is 8.11. The van der Waals surface area contributed by atoms with Gasteiger partial charge in [0.2, 0.25) is 10.0 Å². The van der Waals surface area contributed by atoms with Crippen LogP contribution in [0.15, 0.2) is 21.8 Å². The van der Waals surface area contributed by atoms with Gasteiger partial charge in [-0.3, -0.25) is 9.89 Å². The van der Waals surface area contributed by atoms with Gasteiger partial charge in [-0.15, -0.1) is 24.0 Å². The predicted octanol–water partition coefficient (Wildman–Crippen LogP) is 1.04. The van der Waals surface area contributed by atoms with E-state index >= 15 is 0 Å². The van der Waals surface area contributed by atoms with Crippen molar-refractivity contribution in [1.29, 1.82) is 0 Å². The molecule has 7 nitrogen and oxygen atoms in total. The van der Waals surface area contributed by atoms with Gasteiger partial charge in [0, 0.05) is 45.8 Å². The molecule has 0 aliphatic carbocycles. The molecule has 10 heteroatoms. The highest BCUT2D eigenvalue weighted by molar-refractivity contribution is 14.0. The number of thiophene rings is 1. The Morgan fingerprint density at radius 1 is 1.36 bits per heavy atom. The molecule has 1 fully saturated rings. The lowest BCUT2D eigenvalue weighted by Gasteiger charge is -2.32. The minimum Gasteiger partial charge on any atom is -0.355 e. The fourth-order valence-corrected chi connectivity index (χ4v) is 3.81. The Balaban J connectivity index is 0.00000312. The van der Waals surface area contributed by atoms with Crippen molar-refractivity contribution >= 4 is 51.3 Å². The molecule has 1 aromatic rings. The zero-order valence-electron chi connectivity index (χ0n) is 14.7. The van der Waals surface area contributed by atoms with Crippen LogP contribution in [0.1, 0.15) is 18.4 Å². The molecule has 0 aromatic carbocycles. The van der Waals surface area contributed by atoms with Gasteiger partial charge in [-0.25, -0.2) is 13.1 Å². The van der Waals surface area contributed by atoms with Gasteiger partial charge in [0.25, 0.3) is 0 Å². The molecule has 2 heterocycles. The van der Waals surface area contributed by atoms with Crippen molar-refractivity contribution in [2.45, 2.75) is 25.4 Å². The van der Waals surface area contributed by atoms with E-state index in [9.17, 15) is 8.42 Å². The summed E-state index contributed by atoms with van der Waals surface area (Å²) in [6, 6.07) is 2.59. The number of nitrogens with zero attached hydrogens (tertiary/aromatic N) is 2. The predicted molar refractivity (Wildman–Crippen MR) is 115 cm³/mol. The molecule has 0 saturated carbocycles. The summed E-state index contributed by atoms with van der Waals surface area (Å²) in [5, 5.41) is 10.9. The molecule has 0 unspecified atom stereocenters. The summed E-state index contributed by atoms with van der Waals surface area (Å²) < 4.78 is 24.5. The Morgan fingerprint density at radius 2 is 2.08 bits per heavy atom. The van der Waals surface area contributed by atoms with E-state index < -0.39 is 10.0 Å². The number of hydrogen-bond donors (Lipinski definition) is 3. The number of rotatable bonds is 7. The highest BCUT2D eigenvalue weighted by Gasteiger charge is 2.20. The maximum absolute atomic E-state index is 11.0. The minimum atomic E-state index is -3.14. The third-order valence-electron chi connectivity index (χ3n) is 3.92. The first kappa shape index (κ1) is 22.6. The molecule has 0 atom stereocenters. The van der Waals surface area contributed by atoms with Gasteiger partial charge in [0.1, 0.15) is 0 Å². The summed E-state index contributed by atoms with van der Waals surface area (Å²) in [5.74, 6) is 0.724. The van der Waals surface area contributed by atoms with Gasteiger partial charge in [-0.05, 0) is 35.2 Å². The Hall–Kier alpha value is -0.430. The number of piperidine rings is 1. The van der Waals surface area contributed by atoms with Crippen molar-refractivity contribution in [3.8, 4) is 0 Å². The molecule has 0 spiro atoms. The highest BCUT2D eigenvalue weighted by Crippen LogP contribution is 2.15. The molecule has 1 saturated heterocycles. The van der Waals surface area contributed by atoms with Gasteiger partial charge >= 0.3 is 0 Å². The number of likely N-dealkylation sites (tertiary alicyclic amines) is 1. The smallest absolute Gasteiger partial charge is 0.208 e.